The fraction of sp³-hybridized carbons (Fsp3) is 0.312. The van der Waals surface area contributed by atoms with Gasteiger partial charge in [-0.3, -0.25) is 4.79 Å². The van der Waals surface area contributed by atoms with Gasteiger partial charge in [-0.15, -0.1) is 0 Å². The van der Waals surface area contributed by atoms with Crippen LogP contribution in [0, 0.1) is 11.6 Å². The highest BCUT2D eigenvalue weighted by molar-refractivity contribution is 7.89. The average molecular weight is 397 g/mol. The van der Waals surface area contributed by atoms with E-state index in [1.54, 1.807) is 18.5 Å². The zero-order valence-corrected chi connectivity index (χ0v) is 15.0. The molecule has 1 aliphatic heterocycles. The summed E-state index contributed by atoms with van der Waals surface area (Å²) in [6, 6.07) is 4.44. The molecule has 1 saturated heterocycles. The number of carbonyl (C=O) groups is 1. The van der Waals surface area contributed by atoms with Crippen LogP contribution in [0.5, 0.6) is 0 Å². The Morgan fingerprint density at radius 3 is 2.22 bits per heavy atom. The van der Waals surface area contributed by atoms with Crippen molar-refractivity contribution in [3.8, 4) is 0 Å². The number of hydrogen-bond acceptors (Lipinski definition) is 6. The number of nitrogens with one attached hydrogen (secondary N) is 1. The van der Waals surface area contributed by atoms with Crippen LogP contribution in [-0.2, 0) is 14.8 Å². The number of amides is 1. The van der Waals surface area contributed by atoms with Crippen LogP contribution in [0.15, 0.2) is 41.6 Å². The van der Waals surface area contributed by atoms with Crippen molar-refractivity contribution in [3.05, 3.63) is 48.3 Å². The first kappa shape index (κ1) is 19.1. The molecule has 0 spiro atoms. The molecule has 1 fully saturated rings. The van der Waals surface area contributed by atoms with Gasteiger partial charge in [-0.1, -0.05) is 6.07 Å². The molecule has 3 rings (SSSR count). The van der Waals surface area contributed by atoms with Crippen LogP contribution in [0.3, 0.4) is 0 Å². The van der Waals surface area contributed by atoms with Gasteiger partial charge in [0, 0.05) is 38.6 Å². The van der Waals surface area contributed by atoms with Crippen LogP contribution in [0.25, 0.3) is 0 Å². The number of anilines is 1. The average Bonchev–Trinajstić information content (AvgIpc) is 2.67. The fourth-order valence-corrected chi connectivity index (χ4v) is 3.80. The number of benzene rings is 1. The Hall–Kier alpha value is -2.66. The molecule has 0 atom stereocenters. The lowest BCUT2D eigenvalue weighted by Gasteiger charge is -2.34. The van der Waals surface area contributed by atoms with Crippen LogP contribution in [0.4, 0.5) is 14.7 Å². The minimum atomic E-state index is -4.49. The van der Waals surface area contributed by atoms with Crippen molar-refractivity contribution in [2.45, 2.75) is 4.90 Å². The second-order valence-electron chi connectivity index (χ2n) is 5.79. The third-order valence-electron chi connectivity index (χ3n) is 4.07. The molecule has 0 saturated carbocycles. The van der Waals surface area contributed by atoms with E-state index in [0.717, 1.165) is 18.2 Å². The Balaban J connectivity index is 1.57. The zero-order chi connectivity index (χ0) is 19.4. The van der Waals surface area contributed by atoms with E-state index in [2.05, 4.69) is 9.97 Å². The molecule has 144 valence electrons. The Morgan fingerprint density at radius 2 is 1.63 bits per heavy atom. The number of sulfonamides is 1. The Morgan fingerprint density at radius 1 is 1.04 bits per heavy atom. The van der Waals surface area contributed by atoms with Gasteiger partial charge in [-0.05, 0) is 18.2 Å². The summed E-state index contributed by atoms with van der Waals surface area (Å²) in [6.07, 6.45) is 3.24. The molecule has 0 radical (unpaired) electrons. The minimum absolute atomic E-state index is 0.354. The summed E-state index contributed by atoms with van der Waals surface area (Å²) < 4.78 is 53.5. The summed E-state index contributed by atoms with van der Waals surface area (Å²) in [5.41, 5.74) is 0. The summed E-state index contributed by atoms with van der Waals surface area (Å²) in [7, 11) is -4.49. The number of hydrogen-bond donors (Lipinski definition) is 1. The summed E-state index contributed by atoms with van der Waals surface area (Å²) in [5.74, 6) is -2.36. The maximum absolute atomic E-state index is 13.7. The Bertz CT molecular complexity index is 899. The SMILES string of the molecule is O=C(CNS(=O)(=O)c1c(F)cccc1F)N1CCN(c2ncccn2)CC1. The third-order valence-corrected chi connectivity index (χ3v) is 5.52. The van der Waals surface area contributed by atoms with Crippen molar-refractivity contribution >= 4 is 21.9 Å². The van der Waals surface area contributed by atoms with Crippen molar-refractivity contribution in [2.75, 3.05) is 37.6 Å². The molecular weight excluding hydrogens is 380 g/mol. The summed E-state index contributed by atoms with van der Waals surface area (Å²) in [5, 5.41) is 0. The standard InChI is InChI=1S/C16H17F2N5O3S/c17-12-3-1-4-13(18)15(12)27(25,26)21-11-14(24)22-7-9-23(10-8-22)16-19-5-2-6-20-16/h1-6,21H,7-11H2. The lowest BCUT2D eigenvalue weighted by Crippen LogP contribution is -2.51. The van der Waals surface area contributed by atoms with Crippen molar-refractivity contribution in [3.63, 3.8) is 0 Å². The molecule has 1 aromatic carbocycles. The molecule has 11 heteroatoms. The monoisotopic (exact) mass is 397 g/mol. The van der Waals surface area contributed by atoms with Crippen molar-refractivity contribution in [1.29, 1.82) is 0 Å². The van der Waals surface area contributed by atoms with E-state index in [-0.39, 0.29) is 0 Å². The first-order valence-electron chi connectivity index (χ1n) is 8.12. The molecule has 0 bridgehead atoms. The highest BCUT2D eigenvalue weighted by atomic mass is 32.2. The molecule has 1 amide bonds. The van der Waals surface area contributed by atoms with Gasteiger partial charge in [0.2, 0.25) is 21.9 Å². The summed E-state index contributed by atoms with van der Waals surface area (Å²) in [6.45, 7) is 1.10. The van der Waals surface area contributed by atoms with Crippen molar-refractivity contribution in [1.82, 2.24) is 19.6 Å². The van der Waals surface area contributed by atoms with Crippen molar-refractivity contribution in [2.24, 2.45) is 0 Å². The highest BCUT2D eigenvalue weighted by Crippen LogP contribution is 2.18. The molecule has 1 aromatic heterocycles. The van der Waals surface area contributed by atoms with Gasteiger partial charge >= 0.3 is 0 Å². The molecule has 2 heterocycles. The van der Waals surface area contributed by atoms with Crippen LogP contribution in [0.1, 0.15) is 0 Å². The quantitative estimate of drug-likeness (QED) is 0.784. The van der Waals surface area contributed by atoms with Crippen LogP contribution >= 0.6 is 0 Å². The van der Waals surface area contributed by atoms with Gasteiger partial charge in [0.05, 0.1) is 6.54 Å². The van der Waals surface area contributed by atoms with Gasteiger partial charge in [0.1, 0.15) is 11.6 Å². The molecule has 8 nitrogen and oxygen atoms in total. The van der Waals surface area contributed by atoms with Gasteiger partial charge in [0.15, 0.2) is 4.90 Å². The summed E-state index contributed by atoms with van der Waals surface area (Å²) in [4.78, 5) is 22.8. The lowest BCUT2D eigenvalue weighted by atomic mass is 10.3. The zero-order valence-electron chi connectivity index (χ0n) is 14.2. The maximum atomic E-state index is 13.7. The first-order valence-corrected chi connectivity index (χ1v) is 9.60. The molecule has 0 aliphatic carbocycles. The van der Waals surface area contributed by atoms with Gasteiger partial charge in [-0.2, -0.15) is 0 Å². The molecule has 0 unspecified atom stereocenters. The predicted octanol–water partition coefficient (Wildman–Crippen LogP) is 0.382. The Labute approximate surface area is 154 Å². The number of rotatable bonds is 5. The molecule has 1 N–H and O–H groups in total. The van der Waals surface area contributed by atoms with E-state index in [0.29, 0.717) is 32.1 Å². The normalized spacial score (nSPS) is 15.0. The fourth-order valence-electron chi connectivity index (χ4n) is 2.69. The molecule has 1 aliphatic rings. The summed E-state index contributed by atoms with van der Waals surface area (Å²) >= 11 is 0. The largest absolute Gasteiger partial charge is 0.338 e. The minimum Gasteiger partial charge on any atom is -0.338 e. The van der Waals surface area contributed by atoms with Crippen LogP contribution in [-0.4, -0.2) is 61.9 Å². The predicted molar refractivity (Wildman–Crippen MR) is 92.4 cm³/mol. The lowest BCUT2D eigenvalue weighted by molar-refractivity contribution is -0.130. The number of halogens is 2. The van der Waals surface area contributed by atoms with Crippen LogP contribution < -0.4 is 9.62 Å². The second kappa shape index (κ2) is 7.92. The van der Waals surface area contributed by atoms with Gasteiger partial charge in [-0.25, -0.2) is 31.9 Å². The van der Waals surface area contributed by atoms with E-state index in [1.807, 2.05) is 9.62 Å². The van der Waals surface area contributed by atoms with Crippen LogP contribution in [0.2, 0.25) is 0 Å². The third kappa shape index (κ3) is 4.37. The highest BCUT2D eigenvalue weighted by Gasteiger charge is 2.27. The number of carbonyl (C=O) groups excluding carboxylic acids is 1. The first-order chi connectivity index (χ1) is 12.9. The second-order valence-corrected chi connectivity index (χ2v) is 7.50. The van der Waals surface area contributed by atoms with Crippen molar-refractivity contribution < 1.29 is 22.0 Å². The van der Waals surface area contributed by atoms with E-state index in [4.69, 9.17) is 0 Å². The Kier molecular flexibility index (Phi) is 5.61. The molecule has 27 heavy (non-hydrogen) atoms. The number of nitrogens with zero attached hydrogens (tertiary/aromatic N) is 4. The number of aromatic nitrogens is 2. The van der Waals surface area contributed by atoms with E-state index >= 15 is 0 Å². The molecule has 2 aromatic rings. The van der Waals surface area contributed by atoms with Gasteiger partial charge < -0.3 is 9.80 Å². The topological polar surface area (TPSA) is 95.5 Å². The molecular formula is C16H17F2N5O3S. The maximum Gasteiger partial charge on any atom is 0.246 e. The number of piperazine rings is 1. The van der Waals surface area contributed by atoms with E-state index in [1.165, 1.54) is 4.90 Å². The van der Waals surface area contributed by atoms with E-state index in [9.17, 15) is 22.0 Å². The smallest absolute Gasteiger partial charge is 0.246 e. The van der Waals surface area contributed by atoms with E-state index < -0.39 is 39.0 Å². The van der Waals surface area contributed by atoms with Gasteiger partial charge in [0.25, 0.3) is 0 Å².